The summed E-state index contributed by atoms with van der Waals surface area (Å²) < 4.78 is 21.9. The zero-order valence-electron chi connectivity index (χ0n) is 17.8. The van der Waals surface area contributed by atoms with E-state index in [4.69, 9.17) is 18.6 Å². The lowest BCUT2D eigenvalue weighted by Gasteiger charge is -2.38. The molecule has 0 aliphatic rings. The smallest absolute Gasteiger partial charge is 0.330 e. The Balaban J connectivity index is 4.59. The molecular formula is C20H38O5Si. The largest absolute Gasteiger partial charge is 0.463 e. The summed E-state index contributed by atoms with van der Waals surface area (Å²) in [7, 11) is -0.161. The number of rotatable bonds is 12. The number of carbonyl (C=O) groups excluding carboxylic acids is 1. The van der Waals surface area contributed by atoms with Crippen molar-refractivity contribution < 1.29 is 23.4 Å². The number of allylic oxidation sites excluding steroid dienone is 2. The van der Waals surface area contributed by atoms with Crippen LogP contribution in [0.15, 0.2) is 24.3 Å². The van der Waals surface area contributed by atoms with Crippen LogP contribution >= 0.6 is 0 Å². The second-order valence-electron chi connectivity index (χ2n) is 7.87. The molecule has 0 spiro atoms. The van der Waals surface area contributed by atoms with Gasteiger partial charge >= 0.3 is 5.97 Å². The Morgan fingerprint density at radius 2 is 1.81 bits per heavy atom. The predicted octanol–water partition coefficient (Wildman–Crippen LogP) is 4.84. The van der Waals surface area contributed by atoms with Crippen LogP contribution in [0.25, 0.3) is 0 Å². The molecule has 0 fully saturated rings. The molecule has 0 amide bonds. The van der Waals surface area contributed by atoms with E-state index in [0.29, 0.717) is 6.61 Å². The first-order valence-electron chi connectivity index (χ1n) is 9.33. The van der Waals surface area contributed by atoms with E-state index in [0.717, 1.165) is 12.8 Å². The van der Waals surface area contributed by atoms with Crippen LogP contribution in [0.2, 0.25) is 18.1 Å². The fraction of sp³-hybridized carbons (Fsp3) is 0.750. The summed E-state index contributed by atoms with van der Waals surface area (Å²) in [6.07, 6.45) is 8.59. The molecule has 0 saturated heterocycles. The third-order valence-electron chi connectivity index (χ3n) is 4.52. The van der Waals surface area contributed by atoms with Crippen LogP contribution in [-0.2, 0) is 23.4 Å². The van der Waals surface area contributed by atoms with Gasteiger partial charge in [-0.1, -0.05) is 39.0 Å². The van der Waals surface area contributed by atoms with Gasteiger partial charge in [0, 0.05) is 19.3 Å². The summed E-state index contributed by atoms with van der Waals surface area (Å²) in [6.45, 7) is 15.8. The normalized spacial score (nSPS) is 15.5. The van der Waals surface area contributed by atoms with Gasteiger partial charge in [0.05, 0.1) is 12.7 Å². The van der Waals surface area contributed by atoms with Crippen molar-refractivity contribution in [3.63, 3.8) is 0 Å². The highest BCUT2D eigenvalue weighted by Crippen LogP contribution is 2.37. The minimum atomic E-state index is -1.76. The van der Waals surface area contributed by atoms with E-state index in [1.807, 2.05) is 6.08 Å². The Bertz CT molecular complexity index is 452. The molecule has 0 bridgehead atoms. The van der Waals surface area contributed by atoms with Crippen LogP contribution in [0.1, 0.15) is 47.5 Å². The first-order chi connectivity index (χ1) is 12.0. The van der Waals surface area contributed by atoms with Gasteiger partial charge in [0.25, 0.3) is 0 Å². The Labute approximate surface area is 160 Å². The Kier molecular flexibility index (Phi) is 12.0. The fourth-order valence-electron chi connectivity index (χ4n) is 2.04. The number of hydrogen-bond donors (Lipinski definition) is 0. The third kappa shape index (κ3) is 10.9. The number of hydrogen-bond acceptors (Lipinski definition) is 5. The molecule has 26 heavy (non-hydrogen) atoms. The van der Waals surface area contributed by atoms with Gasteiger partial charge in [0.2, 0.25) is 0 Å². The molecule has 0 aliphatic heterocycles. The van der Waals surface area contributed by atoms with Crippen molar-refractivity contribution in [2.45, 2.75) is 77.8 Å². The van der Waals surface area contributed by atoms with Gasteiger partial charge in [0.15, 0.2) is 8.32 Å². The molecule has 0 aromatic rings. The zero-order valence-corrected chi connectivity index (χ0v) is 18.8. The lowest BCUT2D eigenvalue weighted by atomic mass is 10.1. The van der Waals surface area contributed by atoms with Crippen molar-refractivity contribution in [2.75, 3.05) is 20.5 Å². The van der Waals surface area contributed by atoms with Gasteiger partial charge in [-0.15, -0.1) is 0 Å². The first kappa shape index (κ1) is 25.0. The van der Waals surface area contributed by atoms with Gasteiger partial charge in [-0.3, -0.25) is 0 Å². The van der Waals surface area contributed by atoms with Crippen molar-refractivity contribution in [1.82, 2.24) is 0 Å². The van der Waals surface area contributed by atoms with E-state index in [1.54, 1.807) is 26.2 Å². The van der Waals surface area contributed by atoms with Crippen LogP contribution in [-0.4, -0.2) is 47.0 Å². The van der Waals surface area contributed by atoms with Crippen molar-refractivity contribution in [2.24, 2.45) is 0 Å². The summed E-state index contributed by atoms with van der Waals surface area (Å²) in [6, 6.07) is 0. The highest BCUT2D eigenvalue weighted by molar-refractivity contribution is 6.74. The topological polar surface area (TPSA) is 54.0 Å². The molecule has 0 unspecified atom stereocenters. The van der Waals surface area contributed by atoms with Gasteiger partial charge in [-0.25, -0.2) is 4.79 Å². The molecule has 0 heterocycles. The van der Waals surface area contributed by atoms with Crippen molar-refractivity contribution in [3.05, 3.63) is 24.3 Å². The molecule has 0 aromatic heterocycles. The maximum Gasteiger partial charge on any atom is 0.330 e. The van der Waals surface area contributed by atoms with Crippen molar-refractivity contribution in [1.29, 1.82) is 0 Å². The summed E-state index contributed by atoms with van der Waals surface area (Å²) in [5.41, 5.74) is 0. The molecule has 0 aromatic carbocycles. The summed E-state index contributed by atoms with van der Waals surface area (Å²) in [5.74, 6) is -0.345. The molecule has 6 heteroatoms. The van der Waals surface area contributed by atoms with E-state index in [9.17, 15) is 4.79 Å². The van der Waals surface area contributed by atoms with Crippen LogP contribution < -0.4 is 0 Å². The minimum absolute atomic E-state index is 0.0905. The van der Waals surface area contributed by atoms with E-state index in [-0.39, 0.29) is 30.0 Å². The Morgan fingerprint density at radius 3 is 2.35 bits per heavy atom. The maximum absolute atomic E-state index is 11.3. The number of ether oxygens (including phenoxy) is 3. The quantitative estimate of drug-likeness (QED) is 0.158. The summed E-state index contributed by atoms with van der Waals surface area (Å²) in [4.78, 5) is 11.3. The van der Waals surface area contributed by atoms with Gasteiger partial charge in [0.1, 0.15) is 6.79 Å². The molecule has 152 valence electrons. The van der Waals surface area contributed by atoms with Gasteiger partial charge in [-0.2, -0.15) is 0 Å². The van der Waals surface area contributed by atoms with E-state index < -0.39 is 8.32 Å². The molecule has 5 nitrogen and oxygen atoms in total. The molecule has 2 atom stereocenters. The van der Waals surface area contributed by atoms with E-state index >= 15 is 0 Å². The maximum atomic E-state index is 11.3. The van der Waals surface area contributed by atoms with Gasteiger partial charge < -0.3 is 18.6 Å². The summed E-state index contributed by atoms with van der Waals surface area (Å²) >= 11 is 0. The molecule has 0 aliphatic carbocycles. The lowest BCUT2D eigenvalue weighted by molar-refractivity contribution is -0.137. The molecule has 0 radical (unpaired) electrons. The predicted molar refractivity (Wildman–Crippen MR) is 109 cm³/mol. The third-order valence-corrected chi connectivity index (χ3v) is 9.12. The SMILES string of the molecule is CCOC(=O)/C=C\C=C\[C@@H](CC[C@@H](C)O[Si](C)(C)C(C)(C)C)OCOC. The number of carbonyl (C=O) groups is 1. The van der Waals surface area contributed by atoms with Crippen LogP contribution in [0.5, 0.6) is 0 Å². The zero-order chi connectivity index (χ0) is 20.2. The van der Waals surface area contributed by atoms with Crippen molar-refractivity contribution >= 4 is 14.3 Å². The van der Waals surface area contributed by atoms with Crippen LogP contribution in [0, 0.1) is 0 Å². The molecule has 0 saturated carbocycles. The minimum Gasteiger partial charge on any atom is -0.463 e. The average molecular weight is 387 g/mol. The lowest BCUT2D eigenvalue weighted by Crippen LogP contribution is -2.43. The molecule has 0 N–H and O–H groups in total. The van der Waals surface area contributed by atoms with Gasteiger partial charge in [-0.05, 0) is 44.8 Å². The average Bonchev–Trinajstić information content (AvgIpc) is 2.52. The fourth-order valence-corrected chi connectivity index (χ4v) is 3.52. The Hall–Kier alpha value is -0.953. The first-order valence-corrected chi connectivity index (χ1v) is 12.2. The van der Waals surface area contributed by atoms with Crippen LogP contribution in [0.3, 0.4) is 0 Å². The standard InChI is InChI=1S/C20H38O5Si/c1-9-23-19(21)13-11-10-12-18(24-16-22-6)15-14-17(2)25-26(7,8)20(3,4)5/h10-13,17-18H,9,14-16H2,1-8H3/b12-10+,13-11-/t17-,18+/m1/s1. The monoisotopic (exact) mass is 386 g/mol. The highest BCUT2D eigenvalue weighted by atomic mass is 28.4. The Morgan fingerprint density at radius 1 is 1.15 bits per heavy atom. The van der Waals surface area contributed by atoms with Crippen molar-refractivity contribution in [3.8, 4) is 0 Å². The number of esters is 1. The summed E-state index contributed by atoms with van der Waals surface area (Å²) in [5, 5.41) is 0.199. The van der Waals surface area contributed by atoms with Crippen LogP contribution in [0.4, 0.5) is 0 Å². The van der Waals surface area contributed by atoms with E-state index in [1.165, 1.54) is 6.08 Å². The second-order valence-corrected chi connectivity index (χ2v) is 12.6. The second kappa shape index (κ2) is 12.4. The molecular weight excluding hydrogens is 348 g/mol. The number of methoxy groups -OCH3 is 1. The highest BCUT2D eigenvalue weighted by Gasteiger charge is 2.38. The molecule has 0 rings (SSSR count). The van der Waals surface area contributed by atoms with E-state index in [2.05, 4.69) is 40.8 Å².